The number of nitrogens with zero attached hydrogens (tertiary/aromatic N) is 1. The number of carbonyl (C=O) groups excluding carboxylic acids is 1. The molecule has 33 heavy (non-hydrogen) atoms. The SMILES string of the molecule is O=C(C1=CN(CCc2ccc(Cl)cc2Cl)C(NCCc2ccc(Cl)cc2Cl)CC1)C(F)(F)F. The van der Waals surface area contributed by atoms with Crippen molar-refractivity contribution in [1.82, 2.24) is 10.2 Å². The molecule has 2 aromatic carbocycles. The molecule has 0 radical (unpaired) electrons. The van der Waals surface area contributed by atoms with E-state index in [1.807, 2.05) is 6.07 Å². The Hall–Kier alpha value is -1.44. The summed E-state index contributed by atoms with van der Waals surface area (Å²) in [7, 11) is 0. The van der Waals surface area contributed by atoms with Gasteiger partial charge in [0.25, 0.3) is 5.78 Å². The molecule has 1 heterocycles. The normalized spacial score (nSPS) is 16.6. The Kier molecular flexibility index (Phi) is 8.98. The highest BCUT2D eigenvalue weighted by Crippen LogP contribution is 2.29. The molecular weight excluding hydrogens is 519 g/mol. The van der Waals surface area contributed by atoms with Crippen LogP contribution in [-0.4, -0.2) is 36.1 Å². The zero-order valence-corrected chi connectivity index (χ0v) is 20.4. The lowest BCUT2D eigenvalue weighted by molar-refractivity contribution is -0.167. The fourth-order valence-electron chi connectivity index (χ4n) is 3.68. The molecule has 0 aromatic heterocycles. The number of alkyl halides is 3. The standard InChI is InChI=1S/C23H21Cl4F3N2O/c24-17-4-1-14(19(26)11-17)7-9-31-21-6-3-16(22(33)23(28,29)30)13-32(21)10-8-15-2-5-18(25)12-20(15)27/h1-2,4-5,11-13,21,31H,3,6-10H2. The molecule has 3 rings (SSSR count). The Morgan fingerprint density at radius 2 is 1.55 bits per heavy atom. The fourth-order valence-corrected chi connectivity index (χ4v) is 4.68. The average Bonchev–Trinajstić information content (AvgIpc) is 2.74. The Morgan fingerprint density at radius 3 is 2.09 bits per heavy atom. The molecule has 0 bridgehead atoms. The number of allylic oxidation sites excluding steroid dienone is 1. The highest BCUT2D eigenvalue weighted by molar-refractivity contribution is 6.35. The van der Waals surface area contributed by atoms with E-state index in [1.54, 1.807) is 35.2 Å². The molecule has 2 aromatic rings. The summed E-state index contributed by atoms with van der Waals surface area (Å²) in [5.41, 5.74) is 1.48. The topological polar surface area (TPSA) is 32.3 Å². The molecule has 0 spiro atoms. The van der Waals surface area contributed by atoms with Crippen LogP contribution in [0.15, 0.2) is 48.2 Å². The van der Waals surface area contributed by atoms with Crippen LogP contribution >= 0.6 is 46.4 Å². The Labute approximate surface area is 210 Å². The molecule has 178 valence electrons. The average molecular weight is 540 g/mol. The van der Waals surface area contributed by atoms with Crippen molar-refractivity contribution in [2.75, 3.05) is 13.1 Å². The van der Waals surface area contributed by atoms with Gasteiger partial charge in [-0.3, -0.25) is 10.1 Å². The summed E-state index contributed by atoms with van der Waals surface area (Å²) in [6.45, 7) is 0.913. The molecule has 1 aliphatic heterocycles. The smallest absolute Gasteiger partial charge is 0.361 e. The highest BCUT2D eigenvalue weighted by atomic mass is 35.5. The summed E-state index contributed by atoms with van der Waals surface area (Å²) < 4.78 is 38.9. The van der Waals surface area contributed by atoms with E-state index in [2.05, 4.69) is 5.32 Å². The number of nitrogens with one attached hydrogen (secondary N) is 1. The number of halogens is 7. The number of carbonyl (C=O) groups is 1. The van der Waals surface area contributed by atoms with Gasteiger partial charge in [0.05, 0.1) is 6.17 Å². The van der Waals surface area contributed by atoms with E-state index < -0.39 is 12.0 Å². The lowest BCUT2D eigenvalue weighted by Gasteiger charge is -2.36. The Balaban J connectivity index is 1.71. The second-order valence-corrected chi connectivity index (χ2v) is 9.39. The maximum atomic E-state index is 13.0. The molecule has 0 saturated heterocycles. The van der Waals surface area contributed by atoms with E-state index in [1.165, 1.54) is 6.20 Å². The molecule has 1 unspecified atom stereocenters. The first-order valence-electron chi connectivity index (χ1n) is 10.2. The lowest BCUT2D eigenvalue weighted by Crippen LogP contribution is -2.47. The van der Waals surface area contributed by atoms with Gasteiger partial charge in [-0.05, 0) is 61.1 Å². The van der Waals surface area contributed by atoms with Crippen molar-refractivity contribution in [3.8, 4) is 0 Å². The third-order valence-electron chi connectivity index (χ3n) is 5.40. The summed E-state index contributed by atoms with van der Waals surface area (Å²) >= 11 is 24.3. The molecule has 1 N–H and O–H groups in total. The molecule has 1 aliphatic rings. The molecule has 0 aliphatic carbocycles. The van der Waals surface area contributed by atoms with Gasteiger partial charge in [-0.25, -0.2) is 0 Å². The summed E-state index contributed by atoms with van der Waals surface area (Å²) in [6, 6.07) is 10.4. The third kappa shape index (κ3) is 7.27. The van der Waals surface area contributed by atoms with E-state index in [0.717, 1.165) is 11.1 Å². The zero-order valence-electron chi connectivity index (χ0n) is 17.4. The second-order valence-electron chi connectivity index (χ2n) is 7.70. The quantitative estimate of drug-likeness (QED) is 0.388. The van der Waals surface area contributed by atoms with Crippen LogP contribution in [-0.2, 0) is 17.6 Å². The first-order valence-corrected chi connectivity index (χ1v) is 11.7. The van der Waals surface area contributed by atoms with Crippen molar-refractivity contribution >= 4 is 52.2 Å². The number of rotatable bonds is 8. The van der Waals surface area contributed by atoms with Crippen molar-refractivity contribution in [3.63, 3.8) is 0 Å². The highest BCUT2D eigenvalue weighted by Gasteiger charge is 2.41. The monoisotopic (exact) mass is 538 g/mol. The van der Waals surface area contributed by atoms with Gasteiger partial charge in [-0.1, -0.05) is 58.5 Å². The van der Waals surface area contributed by atoms with Crippen LogP contribution in [0, 0.1) is 0 Å². The summed E-state index contributed by atoms with van der Waals surface area (Å²) in [5.74, 6) is -1.80. The maximum Gasteiger partial charge on any atom is 0.454 e. The molecule has 10 heteroatoms. The number of hydrogen-bond donors (Lipinski definition) is 1. The van der Waals surface area contributed by atoms with Gasteiger partial charge >= 0.3 is 6.18 Å². The molecule has 0 fully saturated rings. The Morgan fingerprint density at radius 1 is 0.970 bits per heavy atom. The number of hydrogen-bond acceptors (Lipinski definition) is 3. The van der Waals surface area contributed by atoms with E-state index in [4.69, 9.17) is 46.4 Å². The van der Waals surface area contributed by atoms with Crippen molar-refractivity contribution < 1.29 is 18.0 Å². The predicted octanol–water partition coefficient (Wildman–Crippen LogP) is 7.11. The van der Waals surface area contributed by atoms with Crippen molar-refractivity contribution in [2.45, 2.75) is 38.0 Å². The van der Waals surface area contributed by atoms with Crippen LogP contribution in [0.2, 0.25) is 20.1 Å². The lowest BCUT2D eigenvalue weighted by atomic mass is 10.00. The van der Waals surface area contributed by atoms with Crippen LogP contribution in [0.1, 0.15) is 24.0 Å². The zero-order chi connectivity index (χ0) is 24.2. The number of ketones is 1. The summed E-state index contributed by atoms with van der Waals surface area (Å²) in [4.78, 5) is 13.5. The maximum absolute atomic E-state index is 13.0. The molecule has 3 nitrogen and oxygen atoms in total. The van der Waals surface area contributed by atoms with Gasteiger partial charge in [0.15, 0.2) is 0 Å². The Bertz CT molecular complexity index is 1040. The van der Waals surface area contributed by atoms with E-state index in [9.17, 15) is 18.0 Å². The van der Waals surface area contributed by atoms with Gasteiger partial charge in [-0.15, -0.1) is 0 Å². The summed E-state index contributed by atoms with van der Waals surface area (Å²) in [6.07, 6.45) is -2.35. The third-order valence-corrected chi connectivity index (χ3v) is 6.58. The minimum absolute atomic E-state index is 0.0376. The minimum Gasteiger partial charge on any atom is -0.361 e. The van der Waals surface area contributed by atoms with Crippen molar-refractivity contribution in [1.29, 1.82) is 0 Å². The fraction of sp³-hybridized carbons (Fsp3) is 0.348. The first kappa shape index (κ1) is 26.2. The number of Topliss-reactive ketones (excluding diaryl/α,β-unsaturated/α-hetero) is 1. The van der Waals surface area contributed by atoms with Gasteiger partial charge in [0.1, 0.15) is 0 Å². The van der Waals surface area contributed by atoms with Gasteiger partial charge in [0.2, 0.25) is 0 Å². The van der Waals surface area contributed by atoms with Crippen molar-refractivity contribution in [3.05, 3.63) is 79.4 Å². The second kappa shape index (κ2) is 11.3. The van der Waals surface area contributed by atoms with Gasteiger partial charge in [-0.2, -0.15) is 13.2 Å². The van der Waals surface area contributed by atoms with Crippen LogP contribution in [0.3, 0.4) is 0 Å². The van der Waals surface area contributed by atoms with E-state index in [0.29, 0.717) is 52.4 Å². The van der Waals surface area contributed by atoms with Crippen LogP contribution < -0.4 is 5.32 Å². The van der Waals surface area contributed by atoms with Crippen LogP contribution in [0.25, 0.3) is 0 Å². The minimum atomic E-state index is -4.90. The summed E-state index contributed by atoms with van der Waals surface area (Å²) in [5, 5.41) is 5.45. The largest absolute Gasteiger partial charge is 0.454 e. The molecule has 0 amide bonds. The molecule has 0 saturated carbocycles. The predicted molar refractivity (Wildman–Crippen MR) is 127 cm³/mol. The van der Waals surface area contributed by atoms with E-state index >= 15 is 0 Å². The molecular formula is C23H21Cl4F3N2O. The van der Waals surface area contributed by atoms with E-state index in [-0.39, 0.29) is 18.2 Å². The van der Waals surface area contributed by atoms with Gasteiger partial charge in [0, 0.05) is 45.0 Å². The first-order chi connectivity index (χ1) is 15.5. The van der Waals surface area contributed by atoms with Crippen molar-refractivity contribution in [2.24, 2.45) is 0 Å². The molecule has 1 atom stereocenters. The number of benzene rings is 2. The van der Waals surface area contributed by atoms with Gasteiger partial charge < -0.3 is 4.90 Å². The van der Waals surface area contributed by atoms with Crippen LogP contribution in [0.5, 0.6) is 0 Å². The van der Waals surface area contributed by atoms with Crippen LogP contribution in [0.4, 0.5) is 13.2 Å².